The molecule has 0 radical (unpaired) electrons. The molecule has 0 aliphatic heterocycles. The largest absolute Gasteiger partial charge is 0.316 e. The molecule has 1 N–H and O–H groups in total. The topological polar surface area (TPSA) is 46.4 Å². The molecule has 0 saturated heterocycles. The first kappa shape index (κ1) is 21.5. The normalized spacial score (nSPS) is 11.2. The van der Waals surface area contributed by atoms with Crippen LogP contribution in [0, 0.1) is 13.8 Å². The van der Waals surface area contributed by atoms with Crippen molar-refractivity contribution in [2.75, 3.05) is 5.75 Å². The van der Waals surface area contributed by atoms with Crippen LogP contribution in [0.4, 0.5) is 0 Å². The highest BCUT2D eigenvalue weighted by Crippen LogP contribution is 2.31. The van der Waals surface area contributed by atoms with Crippen molar-refractivity contribution in [1.82, 2.24) is 9.99 Å². The summed E-state index contributed by atoms with van der Waals surface area (Å²) in [5.74, 6) is 0.587. The molecule has 3 rings (SSSR count). The molecule has 150 valence electrons. The molecule has 0 spiro atoms. The number of aromatic nitrogens is 1. The van der Waals surface area contributed by atoms with E-state index in [1.807, 2.05) is 66.9 Å². The molecule has 1 amide bonds. The maximum atomic E-state index is 12.0. The molecule has 2 aromatic carbocycles. The van der Waals surface area contributed by atoms with Crippen molar-refractivity contribution in [3.63, 3.8) is 0 Å². The number of rotatable bonds is 7. The Hall–Kier alpha value is -2.21. The molecule has 0 aliphatic rings. The number of aryl methyl sites for hydroxylation is 1. The number of hydrogen-bond acceptors (Lipinski definition) is 3. The van der Waals surface area contributed by atoms with Crippen LogP contribution < -0.4 is 5.43 Å². The quantitative estimate of drug-likeness (QED) is 0.274. The molecular formula is C22H21Cl2N3OS. The predicted octanol–water partition coefficient (Wildman–Crippen LogP) is 6.03. The second-order valence-electron chi connectivity index (χ2n) is 6.44. The summed E-state index contributed by atoms with van der Waals surface area (Å²) in [4.78, 5) is 13.2. The van der Waals surface area contributed by atoms with Crippen molar-refractivity contribution in [2.45, 2.75) is 25.2 Å². The van der Waals surface area contributed by atoms with Crippen LogP contribution in [-0.2, 0) is 4.79 Å². The molecule has 29 heavy (non-hydrogen) atoms. The summed E-state index contributed by atoms with van der Waals surface area (Å²) in [5, 5.41) is 5.12. The van der Waals surface area contributed by atoms with Crippen LogP contribution in [0.5, 0.6) is 0 Å². The van der Waals surface area contributed by atoms with Gasteiger partial charge in [-0.05, 0) is 44.2 Å². The van der Waals surface area contributed by atoms with E-state index in [2.05, 4.69) is 10.5 Å². The van der Waals surface area contributed by atoms with Crippen LogP contribution in [0.25, 0.3) is 5.69 Å². The van der Waals surface area contributed by atoms with Gasteiger partial charge in [0.05, 0.1) is 21.9 Å². The highest BCUT2D eigenvalue weighted by Gasteiger charge is 2.13. The fraction of sp³-hybridized carbons (Fsp3) is 0.182. The van der Waals surface area contributed by atoms with Gasteiger partial charge in [-0.2, -0.15) is 5.10 Å². The summed E-state index contributed by atoms with van der Waals surface area (Å²) >= 11 is 14.2. The SMILES string of the molecule is Cc1cc(/C=N/NC(=O)CCSc2ccccc2)c(C)n1-c1cccc(Cl)c1Cl. The minimum atomic E-state index is -0.114. The lowest BCUT2D eigenvalue weighted by atomic mass is 10.2. The van der Waals surface area contributed by atoms with Gasteiger partial charge in [-0.25, -0.2) is 5.43 Å². The molecule has 4 nitrogen and oxygen atoms in total. The molecule has 0 fully saturated rings. The molecule has 0 saturated carbocycles. The first-order valence-electron chi connectivity index (χ1n) is 9.10. The summed E-state index contributed by atoms with van der Waals surface area (Å²) in [6.07, 6.45) is 2.05. The third kappa shape index (κ3) is 5.44. The van der Waals surface area contributed by atoms with Gasteiger partial charge in [0.2, 0.25) is 5.91 Å². The van der Waals surface area contributed by atoms with Crippen LogP contribution in [0.15, 0.2) is 64.6 Å². The molecule has 0 bridgehead atoms. The lowest BCUT2D eigenvalue weighted by Crippen LogP contribution is -2.17. The van der Waals surface area contributed by atoms with Crippen LogP contribution in [0.1, 0.15) is 23.4 Å². The van der Waals surface area contributed by atoms with Gasteiger partial charge in [0.1, 0.15) is 0 Å². The van der Waals surface area contributed by atoms with Gasteiger partial charge < -0.3 is 4.57 Å². The van der Waals surface area contributed by atoms with E-state index in [1.54, 1.807) is 24.0 Å². The Morgan fingerprint density at radius 3 is 2.66 bits per heavy atom. The molecule has 1 heterocycles. The summed E-state index contributed by atoms with van der Waals surface area (Å²) in [6.45, 7) is 3.96. The highest BCUT2D eigenvalue weighted by atomic mass is 35.5. The van der Waals surface area contributed by atoms with Crippen molar-refractivity contribution < 1.29 is 4.79 Å². The Bertz CT molecular complexity index is 1030. The van der Waals surface area contributed by atoms with E-state index in [-0.39, 0.29) is 5.91 Å². The summed E-state index contributed by atoms with van der Waals surface area (Å²) in [5.41, 5.74) is 6.27. The second-order valence-corrected chi connectivity index (χ2v) is 8.39. The molecule has 0 unspecified atom stereocenters. The van der Waals surface area contributed by atoms with E-state index in [0.29, 0.717) is 22.2 Å². The van der Waals surface area contributed by atoms with E-state index in [9.17, 15) is 4.79 Å². The maximum absolute atomic E-state index is 12.0. The van der Waals surface area contributed by atoms with E-state index < -0.39 is 0 Å². The van der Waals surface area contributed by atoms with Gasteiger partial charge in [-0.15, -0.1) is 11.8 Å². The number of nitrogens with zero attached hydrogens (tertiary/aromatic N) is 2. The van der Waals surface area contributed by atoms with Crippen molar-refractivity contribution >= 4 is 47.1 Å². The number of nitrogens with one attached hydrogen (secondary N) is 1. The number of benzene rings is 2. The first-order chi connectivity index (χ1) is 14.0. The lowest BCUT2D eigenvalue weighted by molar-refractivity contribution is -0.120. The van der Waals surface area contributed by atoms with Crippen molar-refractivity contribution in [1.29, 1.82) is 0 Å². The molecule has 0 atom stereocenters. The fourth-order valence-corrected chi connectivity index (χ4v) is 4.21. The average Bonchev–Trinajstić information content (AvgIpc) is 2.98. The number of hydrazone groups is 1. The van der Waals surface area contributed by atoms with Gasteiger partial charge in [0, 0.05) is 34.0 Å². The van der Waals surface area contributed by atoms with Crippen molar-refractivity contribution in [2.24, 2.45) is 5.10 Å². The average molecular weight is 446 g/mol. The monoisotopic (exact) mass is 445 g/mol. The Morgan fingerprint density at radius 1 is 1.14 bits per heavy atom. The van der Waals surface area contributed by atoms with E-state index in [4.69, 9.17) is 23.2 Å². The smallest absolute Gasteiger partial charge is 0.240 e. The third-order valence-electron chi connectivity index (χ3n) is 4.38. The van der Waals surface area contributed by atoms with Crippen LogP contribution in [-0.4, -0.2) is 22.4 Å². The zero-order valence-corrected chi connectivity index (χ0v) is 18.5. The maximum Gasteiger partial charge on any atom is 0.240 e. The Balaban J connectivity index is 1.61. The zero-order valence-electron chi connectivity index (χ0n) is 16.2. The van der Waals surface area contributed by atoms with E-state index in [0.717, 1.165) is 27.5 Å². The van der Waals surface area contributed by atoms with Gasteiger partial charge >= 0.3 is 0 Å². The van der Waals surface area contributed by atoms with Crippen molar-refractivity contribution in [3.8, 4) is 5.69 Å². The molecule has 7 heteroatoms. The van der Waals surface area contributed by atoms with Crippen LogP contribution in [0.3, 0.4) is 0 Å². The van der Waals surface area contributed by atoms with Crippen molar-refractivity contribution in [3.05, 3.63) is 81.6 Å². The number of carbonyl (C=O) groups excluding carboxylic acids is 1. The summed E-state index contributed by atoms with van der Waals surface area (Å²) in [6, 6.07) is 17.5. The molecular weight excluding hydrogens is 425 g/mol. The Kier molecular flexibility index (Phi) is 7.42. The number of amides is 1. The summed E-state index contributed by atoms with van der Waals surface area (Å²) in [7, 11) is 0. The number of thioether (sulfide) groups is 1. The second kappa shape index (κ2) is 10.0. The molecule has 3 aromatic rings. The predicted molar refractivity (Wildman–Crippen MR) is 123 cm³/mol. The number of halogens is 2. The van der Waals surface area contributed by atoms with Gasteiger partial charge in [0.25, 0.3) is 0 Å². The van der Waals surface area contributed by atoms with E-state index >= 15 is 0 Å². The molecule has 0 aliphatic carbocycles. The Morgan fingerprint density at radius 2 is 1.90 bits per heavy atom. The third-order valence-corrected chi connectivity index (χ3v) is 6.20. The number of hydrogen-bond donors (Lipinski definition) is 1. The standard InChI is InChI=1S/C22H21Cl2N3OS/c1-15-13-17(16(2)27(15)20-10-6-9-19(23)22(20)24)14-25-26-21(28)11-12-29-18-7-4-3-5-8-18/h3-10,13-14H,11-12H2,1-2H3,(H,26,28)/b25-14+. The minimum absolute atomic E-state index is 0.114. The van der Waals surface area contributed by atoms with Crippen LogP contribution in [0.2, 0.25) is 10.0 Å². The fourth-order valence-electron chi connectivity index (χ4n) is 2.96. The summed E-state index contributed by atoms with van der Waals surface area (Å²) < 4.78 is 2.02. The van der Waals surface area contributed by atoms with Gasteiger partial charge in [-0.3, -0.25) is 4.79 Å². The zero-order chi connectivity index (χ0) is 20.8. The van der Waals surface area contributed by atoms with Gasteiger partial charge in [-0.1, -0.05) is 47.5 Å². The Labute approximate surface area is 184 Å². The molecule has 1 aromatic heterocycles. The number of carbonyl (C=O) groups is 1. The van der Waals surface area contributed by atoms with E-state index in [1.165, 1.54) is 0 Å². The lowest BCUT2D eigenvalue weighted by Gasteiger charge is -2.12. The van der Waals surface area contributed by atoms with Gasteiger partial charge in [0.15, 0.2) is 0 Å². The minimum Gasteiger partial charge on any atom is -0.316 e. The van der Waals surface area contributed by atoms with Crippen LogP contribution >= 0.6 is 35.0 Å². The first-order valence-corrected chi connectivity index (χ1v) is 10.8. The highest BCUT2D eigenvalue weighted by molar-refractivity contribution is 7.99.